The topological polar surface area (TPSA) is 40.5 Å². The Balaban J connectivity index is 3.32. The smallest absolute Gasteiger partial charge is 0.423 e. The summed E-state index contributed by atoms with van der Waals surface area (Å²) in [6.45, 7) is 0. The van der Waals surface area contributed by atoms with Gasteiger partial charge in [0.2, 0.25) is 0 Å². The van der Waals surface area contributed by atoms with Crippen LogP contribution < -0.4 is 5.46 Å². The van der Waals surface area contributed by atoms with Gasteiger partial charge >= 0.3 is 13.3 Å². The van der Waals surface area contributed by atoms with Crippen LogP contribution >= 0.6 is 0 Å². The number of hydrogen-bond acceptors (Lipinski definition) is 2. The van der Waals surface area contributed by atoms with Gasteiger partial charge in [-0.25, -0.2) is 8.78 Å². The van der Waals surface area contributed by atoms with Gasteiger partial charge in [-0.05, 0) is 12.1 Å². The number of benzene rings is 1. The van der Waals surface area contributed by atoms with Gasteiger partial charge in [-0.3, -0.25) is 0 Å². The van der Waals surface area contributed by atoms with E-state index in [-0.39, 0.29) is 12.1 Å². The molecule has 0 aromatic heterocycles. The van der Waals surface area contributed by atoms with Gasteiger partial charge in [-0.2, -0.15) is 13.2 Å². The van der Waals surface area contributed by atoms with Crippen molar-refractivity contribution in [3.8, 4) is 0 Å². The van der Waals surface area contributed by atoms with E-state index >= 15 is 0 Å². The maximum Gasteiger partial charge on any atom is 0.491 e. The predicted molar refractivity (Wildman–Crippen MR) is 41.2 cm³/mol. The average Bonchev–Trinajstić information content (AvgIpc) is 2.06. The van der Waals surface area contributed by atoms with Crippen LogP contribution in [-0.2, 0) is 6.18 Å². The molecule has 1 aromatic carbocycles. The molecule has 0 fully saturated rings. The molecule has 0 radical (unpaired) electrons. The highest BCUT2D eigenvalue weighted by Crippen LogP contribution is 2.31. The first-order valence-corrected chi connectivity index (χ1v) is 3.65. The molecular formula is C7H4BF5O2. The van der Waals surface area contributed by atoms with E-state index in [1.807, 2.05) is 0 Å². The van der Waals surface area contributed by atoms with Crippen molar-refractivity contribution in [2.75, 3.05) is 0 Å². The number of rotatable bonds is 1. The van der Waals surface area contributed by atoms with Crippen molar-refractivity contribution in [3.63, 3.8) is 0 Å². The maximum absolute atomic E-state index is 12.8. The molecule has 0 unspecified atom stereocenters. The Morgan fingerprint density at radius 2 is 1.53 bits per heavy atom. The lowest BCUT2D eigenvalue weighted by atomic mass is 9.79. The largest absolute Gasteiger partial charge is 0.491 e. The molecule has 0 amide bonds. The van der Waals surface area contributed by atoms with Crippen LogP contribution in [0.2, 0.25) is 0 Å². The van der Waals surface area contributed by atoms with Gasteiger partial charge in [-0.1, -0.05) is 0 Å². The van der Waals surface area contributed by atoms with Crippen molar-refractivity contribution >= 4 is 12.6 Å². The zero-order valence-electron chi connectivity index (χ0n) is 7.02. The summed E-state index contributed by atoms with van der Waals surface area (Å²) in [5.41, 5.74) is -2.73. The Bertz CT molecular complexity index is 376. The third kappa shape index (κ3) is 2.45. The summed E-state index contributed by atoms with van der Waals surface area (Å²) >= 11 is 0. The molecule has 0 aliphatic carbocycles. The first kappa shape index (κ1) is 11.9. The van der Waals surface area contributed by atoms with Gasteiger partial charge in [-0.15, -0.1) is 0 Å². The van der Waals surface area contributed by atoms with Crippen molar-refractivity contribution in [1.29, 1.82) is 0 Å². The molecule has 0 spiro atoms. The quantitative estimate of drug-likeness (QED) is 0.545. The summed E-state index contributed by atoms with van der Waals surface area (Å²) in [6.07, 6.45) is -5.02. The summed E-state index contributed by atoms with van der Waals surface area (Å²) in [7, 11) is -2.36. The first-order chi connectivity index (χ1) is 6.73. The third-order valence-corrected chi connectivity index (χ3v) is 1.67. The minimum atomic E-state index is -5.02. The molecule has 82 valence electrons. The van der Waals surface area contributed by atoms with Crippen molar-refractivity contribution < 1.29 is 32.0 Å². The summed E-state index contributed by atoms with van der Waals surface area (Å²) in [4.78, 5) is 0. The van der Waals surface area contributed by atoms with Crippen molar-refractivity contribution in [1.82, 2.24) is 0 Å². The van der Waals surface area contributed by atoms with Gasteiger partial charge in [0.25, 0.3) is 0 Å². The highest BCUT2D eigenvalue weighted by molar-refractivity contribution is 6.58. The Hall–Kier alpha value is -1.15. The van der Waals surface area contributed by atoms with Crippen LogP contribution in [0.3, 0.4) is 0 Å². The zero-order valence-corrected chi connectivity index (χ0v) is 7.02. The molecule has 0 heterocycles. The average molecular weight is 226 g/mol. The first-order valence-electron chi connectivity index (χ1n) is 3.65. The monoisotopic (exact) mass is 226 g/mol. The van der Waals surface area contributed by atoms with E-state index in [2.05, 4.69) is 0 Å². The lowest BCUT2D eigenvalue weighted by Gasteiger charge is -2.10. The zero-order chi connectivity index (χ0) is 11.8. The Morgan fingerprint density at radius 1 is 1.00 bits per heavy atom. The summed E-state index contributed by atoms with van der Waals surface area (Å²) in [5, 5.41) is 17.0. The third-order valence-electron chi connectivity index (χ3n) is 1.67. The van der Waals surface area contributed by atoms with Crippen molar-refractivity contribution in [2.45, 2.75) is 6.18 Å². The molecule has 0 aliphatic heterocycles. The highest BCUT2D eigenvalue weighted by Gasteiger charge is 2.36. The number of halogens is 5. The summed E-state index contributed by atoms with van der Waals surface area (Å²) in [5.74, 6) is -3.29. The molecule has 0 aliphatic rings. The van der Waals surface area contributed by atoms with E-state index in [1.54, 1.807) is 0 Å². The number of alkyl halides is 3. The van der Waals surface area contributed by atoms with Gasteiger partial charge in [0.15, 0.2) is 0 Å². The second-order valence-corrected chi connectivity index (χ2v) is 2.72. The Morgan fingerprint density at radius 3 is 1.93 bits per heavy atom. The number of hydrogen-bond donors (Lipinski definition) is 2. The summed E-state index contributed by atoms with van der Waals surface area (Å²) in [6, 6.07) is -0.0209. The lowest BCUT2D eigenvalue weighted by molar-refractivity contribution is -0.140. The van der Waals surface area contributed by atoms with Crippen LogP contribution in [0.25, 0.3) is 0 Å². The van der Waals surface area contributed by atoms with Gasteiger partial charge in [0.1, 0.15) is 11.6 Å². The molecule has 2 nitrogen and oxygen atoms in total. The van der Waals surface area contributed by atoms with E-state index < -0.39 is 36.0 Å². The molecule has 15 heavy (non-hydrogen) atoms. The molecule has 2 N–H and O–H groups in total. The minimum absolute atomic E-state index is 0.100. The Kier molecular flexibility index (Phi) is 3.01. The molecule has 0 saturated carbocycles. The van der Waals surface area contributed by atoms with Crippen LogP contribution in [0.1, 0.15) is 5.56 Å². The fourth-order valence-corrected chi connectivity index (χ4v) is 0.977. The highest BCUT2D eigenvalue weighted by atomic mass is 19.4. The van der Waals surface area contributed by atoms with Crippen molar-refractivity contribution in [2.24, 2.45) is 0 Å². The molecule has 0 saturated heterocycles. The molecule has 0 bridgehead atoms. The van der Waals surface area contributed by atoms with E-state index in [4.69, 9.17) is 10.0 Å². The molecule has 1 rings (SSSR count). The molecule has 0 atom stereocenters. The second kappa shape index (κ2) is 3.78. The second-order valence-electron chi connectivity index (χ2n) is 2.72. The van der Waals surface area contributed by atoms with E-state index in [9.17, 15) is 22.0 Å². The SMILES string of the molecule is OB(O)c1cc(F)c(C(F)(F)F)cc1F. The predicted octanol–water partition coefficient (Wildman–Crippen LogP) is 0.663. The van der Waals surface area contributed by atoms with Gasteiger partial charge in [0.05, 0.1) is 5.56 Å². The molecule has 1 aromatic rings. The minimum Gasteiger partial charge on any atom is -0.423 e. The van der Waals surface area contributed by atoms with Crippen LogP contribution in [0, 0.1) is 11.6 Å². The molecular weight excluding hydrogens is 222 g/mol. The van der Waals surface area contributed by atoms with E-state index in [0.29, 0.717) is 0 Å². The lowest BCUT2D eigenvalue weighted by Crippen LogP contribution is -2.34. The Labute approximate surface area is 81.1 Å². The standard InChI is InChI=1S/C7H4BF5O2/c9-5-2-4(8(14)15)6(10)1-3(5)7(11,12)13/h1-2,14-15H. The van der Waals surface area contributed by atoms with E-state index in [1.165, 1.54) is 0 Å². The van der Waals surface area contributed by atoms with Crippen LogP contribution in [0.4, 0.5) is 22.0 Å². The van der Waals surface area contributed by atoms with Crippen LogP contribution in [0.15, 0.2) is 12.1 Å². The van der Waals surface area contributed by atoms with Gasteiger partial charge in [0, 0.05) is 5.46 Å². The maximum atomic E-state index is 12.8. The van der Waals surface area contributed by atoms with Crippen LogP contribution in [0.5, 0.6) is 0 Å². The van der Waals surface area contributed by atoms with Crippen molar-refractivity contribution in [3.05, 3.63) is 29.3 Å². The van der Waals surface area contributed by atoms with Crippen LogP contribution in [-0.4, -0.2) is 17.2 Å². The normalized spacial score (nSPS) is 11.7. The van der Waals surface area contributed by atoms with Gasteiger partial charge < -0.3 is 10.0 Å². The summed E-state index contributed by atoms with van der Waals surface area (Å²) < 4.78 is 61.7. The van der Waals surface area contributed by atoms with E-state index in [0.717, 1.165) is 0 Å². The molecule has 8 heteroatoms. The fourth-order valence-electron chi connectivity index (χ4n) is 0.977. The fraction of sp³-hybridized carbons (Fsp3) is 0.143.